The standard InChI is InChI=1S/C48H45N7/c49-47(34-24-28-41(50-30-34)32-14-4-1-5-15-32)53-48(51-31-35-25-29-42(52-35)33-16-6-2-7-17-33)55-44-23-13-11-21-38(44)40-27-26-39-37-20-10-12-22-43(37)54(45(39)46(40)55)36-18-8-3-9-19-36/h1-9,11-16,18,21-23,25-27,29-30,33,35-36,48,51H,10,17,19-20,24,28,31H2,(H2,49,53). The molecule has 0 spiro atoms. The SMILES string of the molecule is NC(=NC(NCC1C=CC(C2C=CC=CC2)=N1)n1c2ccccc2c2ccc3c4c(n(C5C=CC=CC5)c3c21)C=CCC4)C1=CN=C(c2ccccc2)CC1. The molecule has 4 unspecified atom stereocenters. The van der Waals surface area contributed by atoms with Crippen LogP contribution in [0.4, 0.5) is 0 Å². The Morgan fingerprint density at radius 1 is 0.800 bits per heavy atom. The zero-order chi connectivity index (χ0) is 36.7. The normalized spacial score (nSPS) is 22.4. The third-order valence-corrected chi connectivity index (χ3v) is 11.7. The van der Waals surface area contributed by atoms with Gasteiger partial charge < -0.3 is 14.9 Å². The van der Waals surface area contributed by atoms with Crippen molar-refractivity contribution in [3.05, 3.63) is 162 Å². The van der Waals surface area contributed by atoms with Crippen LogP contribution in [0.1, 0.15) is 61.3 Å². The molecular formula is C48H45N7. The number of nitrogens with zero attached hydrogens (tertiary/aromatic N) is 5. The number of allylic oxidation sites excluding steroid dienone is 10. The molecule has 0 fully saturated rings. The molecule has 0 saturated carbocycles. The first-order chi connectivity index (χ1) is 27.2. The second-order valence-corrected chi connectivity index (χ2v) is 15.1. The first-order valence-electron chi connectivity index (χ1n) is 19.8. The summed E-state index contributed by atoms with van der Waals surface area (Å²) in [5.74, 6) is 0.826. The van der Waals surface area contributed by atoms with Crippen LogP contribution in [0.5, 0.6) is 0 Å². The fourth-order valence-corrected chi connectivity index (χ4v) is 9.03. The van der Waals surface area contributed by atoms with E-state index in [1.807, 2.05) is 12.3 Å². The lowest BCUT2D eigenvalue weighted by Gasteiger charge is -2.24. The van der Waals surface area contributed by atoms with Crippen molar-refractivity contribution < 1.29 is 0 Å². The number of hydrogen-bond donors (Lipinski definition) is 2. The van der Waals surface area contributed by atoms with Crippen LogP contribution in [0, 0.1) is 5.92 Å². The van der Waals surface area contributed by atoms with Crippen LogP contribution in [-0.4, -0.2) is 39.0 Å². The molecule has 0 radical (unpaired) electrons. The number of amidine groups is 1. The molecule has 7 nitrogen and oxygen atoms in total. The van der Waals surface area contributed by atoms with Gasteiger partial charge in [0, 0.05) is 57.5 Å². The van der Waals surface area contributed by atoms with Gasteiger partial charge in [0.05, 0.1) is 28.6 Å². The zero-order valence-corrected chi connectivity index (χ0v) is 30.9. The van der Waals surface area contributed by atoms with Crippen molar-refractivity contribution in [1.82, 2.24) is 14.5 Å². The molecule has 5 aromatic rings. The van der Waals surface area contributed by atoms with E-state index in [1.165, 1.54) is 38.4 Å². The van der Waals surface area contributed by atoms with Gasteiger partial charge in [-0.15, -0.1) is 0 Å². The number of rotatable bonds is 9. The third-order valence-electron chi connectivity index (χ3n) is 11.7. The van der Waals surface area contributed by atoms with E-state index in [-0.39, 0.29) is 12.1 Å². The van der Waals surface area contributed by atoms with Crippen LogP contribution >= 0.6 is 0 Å². The maximum Gasteiger partial charge on any atom is 0.182 e. The van der Waals surface area contributed by atoms with Gasteiger partial charge in [-0.25, -0.2) is 4.99 Å². The van der Waals surface area contributed by atoms with Gasteiger partial charge in [-0.05, 0) is 67.9 Å². The van der Waals surface area contributed by atoms with Gasteiger partial charge in [0.1, 0.15) is 5.84 Å². The third kappa shape index (κ3) is 6.09. The van der Waals surface area contributed by atoms with Crippen molar-refractivity contribution >= 4 is 56.0 Å². The Bertz CT molecular complexity index is 2630. The van der Waals surface area contributed by atoms with E-state index >= 15 is 0 Å². The van der Waals surface area contributed by atoms with Crippen LogP contribution in [-0.2, 0) is 6.42 Å². The highest BCUT2D eigenvalue weighted by atomic mass is 15.3. The molecule has 10 rings (SSSR count). The predicted octanol–water partition coefficient (Wildman–Crippen LogP) is 9.85. The van der Waals surface area contributed by atoms with Crippen LogP contribution in [0.25, 0.3) is 38.8 Å². The summed E-state index contributed by atoms with van der Waals surface area (Å²) in [4.78, 5) is 15.5. The maximum atomic E-state index is 7.04. The highest BCUT2D eigenvalue weighted by Crippen LogP contribution is 2.43. The predicted molar refractivity (Wildman–Crippen MR) is 230 cm³/mol. The van der Waals surface area contributed by atoms with Gasteiger partial charge in [0.15, 0.2) is 6.29 Å². The maximum absolute atomic E-state index is 7.04. The zero-order valence-electron chi connectivity index (χ0n) is 30.9. The number of aryl methyl sites for hydroxylation is 1. The Hall–Kier alpha value is -6.05. The number of hydrogen-bond acceptors (Lipinski definition) is 4. The Morgan fingerprint density at radius 2 is 1.64 bits per heavy atom. The van der Waals surface area contributed by atoms with E-state index in [2.05, 4.69) is 148 Å². The van der Waals surface area contributed by atoms with Gasteiger partial charge in [-0.2, -0.15) is 0 Å². The lowest BCUT2D eigenvalue weighted by Crippen LogP contribution is -2.33. The molecule has 7 heteroatoms. The smallest absolute Gasteiger partial charge is 0.182 e. The number of benzene rings is 3. The minimum absolute atomic E-state index is 0.00579. The quantitative estimate of drug-likeness (QED) is 0.117. The van der Waals surface area contributed by atoms with Crippen LogP contribution < -0.4 is 11.1 Å². The number of aromatic nitrogens is 2. The largest absolute Gasteiger partial charge is 0.384 e. The number of nitrogens with one attached hydrogen (secondary N) is 1. The topological polar surface area (TPSA) is 85.0 Å². The van der Waals surface area contributed by atoms with Crippen molar-refractivity contribution in [1.29, 1.82) is 0 Å². The van der Waals surface area contributed by atoms with Crippen LogP contribution in [0.15, 0.2) is 160 Å². The summed E-state index contributed by atoms with van der Waals surface area (Å²) < 4.78 is 5.00. The number of aliphatic imine (C=N–C) groups is 3. The number of fused-ring (bicyclic) bond motifs is 7. The van der Waals surface area contributed by atoms with Crippen molar-refractivity contribution in [3.63, 3.8) is 0 Å². The van der Waals surface area contributed by atoms with Gasteiger partial charge in [-0.1, -0.05) is 121 Å². The van der Waals surface area contributed by atoms with E-state index in [0.717, 1.165) is 66.6 Å². The summed E-state index contributed by atoms with van der Waals surface area (Å²) in [6, 6.07) is 24.0. The molecule has 2 aliphatic heterocycles. The Balaban J connectivity index is 1.14. The van der Waals surface area contributed by atoms with E-state index in [4.69, 9.17) is 20.7 Å². The molecule has 4 atom stereocenters. The minimum Gasteiger partial charge on any atom is -0.384 e. The molecule has 3 N–H and O–H groups in total. The van der Waals surface area contributed by atoms with Gasteiger partial charge >= 0.3 is 0 Å². The molecule has 3 aliphatic carbocycles. The lowest BCUT2D eigenvalue weighted by atomic mass is 9.96. The molecule has 0 amide bonds. The first kappa shape index (κ1) is 33.5. The molecule has 272 valence electrons. The highest BCUT2D eigenvalue weighted by Gasteiger charge is 2.29. The van der Waals surface area contributed by atoms with Crippen LogP contribution in [0.2, 0.25) is 0 Å². The molecule has 4 heterocycles. The van der Waals surface area contributed by atoms with Crippen molar-refractivity contribution in [3.8, 4) is 0 Å². The van der Waals surface area contributed by atoms with E-state index < -0.39 is 6.29 Å². The number of para-hydroxylation sites is 1. The van der Waals surface area contributed by atoms with Gasteiger partial charge in [-0.3, -0.25) is 15.3 Å². The van der Waals surface area contributed by atoms with Crippen molar-refractivity contribution in [2.24, 2.45) is 26.6 Å². The van der Waals surface area contributed by atoms with Crippen LogP contribution in [0.3, 0.4) is 0 Å². The molecular weight excluding hydrogens is 675 g/mol. The fourth-order valence-electron chi connectivity index (χ4n) is 9.03. The number of nitrogens with two attached hydrogens (primary N) is 1. The Morgan fingerprint density at radius 3 is 2.45 bits per heavy atom. The van der Waals surface area contributed by atoms with Crippen molar-refractivity contribution in [2.45, 2.75) is 56.9 Å². The molecule has 0 saturated heterocycles. The summed E-state index contributed by atoms with van der Waals surface area (Å²) in [6.45, 7) is 0.615. The summed E-state index contributed by atoms with van der Waals surface area (Å²) in [5.41, 5.74) is 17.6. The minimum atomic E-state index is -0.503. The van der Waals surface area contributed by atoms with E-state index in [1.54, 1.807) is 0 Å². The lowest BCUT2D eigenvalue weighted by molar-refractivity contribution is 0.434. The van der Waals surface area contributed by atoms with E-state index in [0.29, 0.717) is 18.3 Å². The summed E-state index contributed by atoms with van der Waals surface area (Å²) >= 11 is 0. The molecule has 5 aliphatic rings. The molecule has 55 heavy (non-hydrogen) atoms. The van der Waals surface area contributed by atoms with Gasteiger partial charge in [0.2, 0.25) is 0 Å². The Kier molecular flexibility index (Phi) is 8.72. The molecule has 3 aromatic carbocycles. The first-order valence-corrected chi connectivity index (χ1v) is 19.8. The Labute approximate surface area is 321 Å². The average Bonchev–Trinajstić information content (AvgIpc) is 3.96. The summed E-state index contributed by atoms with van der Waals surface area (Å²) in [5, 5.41) is 7.63. The summed E-state index contributed by atoms with van der Waals surface area (Å²) in [6.07, 6.45) is 33.8. The van der Waals surface area contributed by atoms with Crippen molar-refractivity contribution in [2.75, 3.05) is 6.54 Å². The monoisotopic (exact) mass is 719 g/mol. The molecule has 2 aromatic heterocycles. The highest BCUT2D eigenvalue weighted by molar-refractivity contribution is 6.18. The van der Waals surface area contributed by atoms with Gasteiger partial charge in [0.25, 0.3) is 0 Å². The second kappa shape index (κ2) is 14.3. The van der Waals surface area contributed by atoms with E-state index in [9.17, 15) is 0 Å². The fraction of sp³-hybridized carbons (Fsp3) is 0.229. The average molecular weight is 720 g/mol. The molecule has 0 bridgehead atoms. The summed E-state index contributed by atoms with van der Waals surface area (Å²) in [7, 11) is 0. The second-order valence-electron chi connectivity index (χ2n) is 15.1.